The maximum atomic E-state index is 12.6. The lowest BCUT2D eigenvalue weighted by molar-refractivity contribution is -0.113. The molecule has 6 heteroatoms. The summed E-state index contributed by atoms with van der Waals surface area (Å²) in [5, 5.41) is 12.7. The summed E-state index contributed by atoms with van der Waals surface area (Å²) in [5.41, 5.74) is 4.40. The standard InChI is InChI=1S/C23H26N4OS/c1-3-18-11-7-8-16(2)21(18)24-20(28)15-29-23-26-25-22(19-12-13-19)27(23)14-17-9-5-4-6-10-17/h4-11,19H,3,12-15H2,1-2H3,(H,24,28). The van der Waals surface area contributed by atoms with Crippen LogP contribution in [0.4, 0.5) is 5.69 Å². The van der Waals surface area contributed by atoms with Crippen LogP contribution in [0.15, 0.2) is 53.7 Å². The lowest BCUT2D eigenvalue weighted by Crippen LogP contribution is -2.17. The van der Waals surface area contributed by atoms with Crippen LogP contribution in [0.2, 0.25) is 0 Å². The van der Waals surface area contributed by atoms with Crippen LogP contribution in [-0.4, -0.2) is 26.4 Å². The van der Waals surface area contributed by atoms with E-state index in [1.165, 1.54) is 30.2 Å². The summed E-state index contributed by atoms with van der Waals surface area (Å²) in [6.45, 7) is 4.87. The van der Waals surface area contributed by atoms with Crippen LogP contribution < -0.4 is 5.32 Å². The topological polar surface area (TPSA) is 59.8 Å². The molecular weight excluding hydrogens is 380 g/mol. The van der Waals surface area contributed by atoms with Gasteiger partial charge in [-0.15, -0.1) is 10.2 Å². The Morgan fingerprint density at radius 1 is 1.14 bits per heavy atom. The summed E-state index contributed by atoms with van der Waals surface area (Å²) >= 11 is 1.46. The molecule has 1 N–H and O–H groups in total. The van der Waals surface area contributed by atoms with Gasteiger partial charge in [0.15, 0.2) is 5.16 Å². The smallest absolute Gasteiger partial charge is 0.234 e. The third-order valence-corrected chi connectivity index (χ3v) is 6.17. The second-order valence-electron chi connectivity index (χ2n) is 7.49. The number of thioether (sulfide) groups is 1. The number of hydrogen-bond acceptors (Lipinski definition) is 4. The van der Waals surface area contributed by atoms with Crippen molar-refractivity contribution >= 4 is 23.4 Å². The first-order chi connectivity index (χ1) is 14.2. The Labute approximate surface area is 175 Å². The third kappa shape index (κ3) is 4.70. The molecule has 0 aliphatic heterocycles. The zero-order chi connectivity index (χ0) is 20.2. The fourth-order valence-corrected chi connectivity index (χ4v) is 4.22. The number of anilines is 1. The predicted octanol–water partition coefficient (Wildman–Crippen LogP) is 4.81. The van der Waals surface area contributed by atoms with Gasteiger partial charge in [0.05, 0.1) is 12.3 Å². The first-order valence-electron chi connectivity index (χ1n) is 10.1. The highest BCUT2D eigenvalue weighted by atomic mass is 32.2. The Kier molecular flexibility index (Phi) is 6.00. The number of aromatic nitrogens is 3. The number of hydrogen-bond donors (Lipinski definition) is 1. The maximum Gasteiger partial charge on any atom is 0.234 e. The van der Waals surface area contributed by atoms with Crippen molar-refractivity contribution in [2.24, 2.45) is 0 Å². The molecule has 1 fully saturated rings. The quantitative estimate of drug-likeness (QED) is 0.546. The molecule has 5 nitrogen and oxygen atoms in total. The zero-order valence-electron chi connectivity index (χ0n) is 16.9. The molecule has 1 amide bonds. The Balaban J connectivity index is 1.46. The van der Waals surface area contributed by atoms with Crippen molar-refractivity contribution < 1.29 is 4.79 Å². The molecule has 1 saturated carbocycles. The molecule has 0 spiro atoms. The van der Waals surface area contributed by atoms with Gasteiger partial charge in [-0.2, -0.15) is 0 Å². The molecule has 3 aromatic rings. The van der Waals surface area contributed by atoms with Gasteiger partial charge in [0, 0.05) is 11.6 Å². The first-order valence-corrected chi connectivity index (χ1v) is 11.1. The van der Waals surface area contributed by atoms with Gasteiger partial charge >= 0.3 is 0 Å². The van der Waals surface area contributed by atoms with Crippen molar-refractivity contribution in [1.82, 2.24) is 14.8 Å². The van der Waals surface area contributed by atoms with Crippen molar-refractivity contribution in [2.75, 3.05) is 11.1 Å². The van der Waals surface area contributed by atoms with Gasteiger partial charge in [-0.25, -0.2) is 0 Å². The Morgan fingerprint density at radius 3 is 2.66 bits per heavy atom. The molecule has 1 aliphatic carbocycles. The number of rotatable bonds is 8. The van der Waals surface area contributed by atoms with Crippen LogP contribution in [0.1, 0.15) is 48.2 Å². The van der Waals surface area contributed by atoms with E-state index in [9.17, 15) is 4.79 Å². The predicted molar refractivity (Wildman–Crippen MR) is 117 cm³/mol. The summed E-state index contributed by atoms with van der Waals surface area (Å²) in [7, 11) is 0. The third-order valence-electron chi connectivity index (χ3n) is 5.21. The molecule has 4 rings (SSSR count). The Bertz CT molecular complexity index is 995. The van der Waals surface area contributed by atoms with Gasteiger partial charge < -0.3 is 9.88 Å². The van der Waals surface area contributed by atoms with E-state index in [0.29, 0.717) is 11.7 Å². The minimum absolute atomic E-state index is 0.0127. The molecule has 0 saturated heterocycles. The van der Waals surface area contributed by atoms with Crippen LogP contribution in [0.25, 0.3) is 0 Å². The van der Waals surface area contributed by atoms with Crippen molar-refractivity contribution in [1.29, 1.82) is 0 Å². The van der Waals surface area contributed by atoms with E-state index in [-0.39, 0.29) is 5.91 Å². The highest BCUT2D eigenvalue weighted by molar-refractivity contribution is 7.99. The molecule has 1 aliphatic rings. The molecular formula is C23H26N4OS. The van der Waals surface area contributed by atoms with Crippen molar-refractivity contribution in [3.63, 3.8) is 0 Å². The number of carbonyl (C=O) groups is 1. The van der Waals surface area contributed by atoms with Gasteiger partial charge in [-0.05, 0) is 42.9 Å². The van der Waals surface area contributed by atoms with Crippen LogP contribution in [0.5, 0.6) is 0 Å². The highest BCUT2D eigenvalue weighted by Gasteiger charge is 2.30. The summed E-state index contributed by atoms with van der Waals surface area (Å²) in [6.07, 6.45) is 3.23. The van der Waals surface area contributed by atoms with E-state index in [0.717, 1.165) is 40.8 Å². The average Bonchev–Trinajstić information content (AvgIpc) is 3.50. The van der Waals surface area contributed by atoms with Crippen LogP contribution >= 0.6 is 11.8 Å². The van der Waals surface area contributed by atoms with Gasteiger partial charge in [-0.3, -0.25) is 4.79 Å². The van der Waals surface area contributed by atoms with Crippen molar-refractivity contribution in [3.8, 4) is 0 Å². The molecule has 0 unspecified atom stereocenters. The minimum atomic E-state index is -0.0127. The maximum absolute atomic E-state index is 12.6. The molecule has 0 radical (unpaired) electrons. The van der Waals surface area contributed by atoms with Gasteiger partial charge in [0.1, 0.15) is 5.82 Å². The molecule has 29 heavy (non-hydrogen) atoms. The monoisotopic (exact) mass is 406 g/mol. The molecule has 1 aromatic heterocycles. The van der Waals surface area contributed by atoms with Gasteiger partial charge in [-0.1, -0.05) is 67.2 Å². The van der Waals surface area contributed by atoms with Crippen LogP contribution in [0, 0.1) is 6.92 Å². The minimum Gasteiger partial charge on any atom is -0.325 e. The van der Waals surface area contributed by atoms with E-state index in [4.69, 9.17) is 0 Å². The first kappa shape index (κ1) is 19.7. The zero-order valence-corrected chi connectivity index (χ0v) is 17.7. The lowest BCUT2D eigenvalue weighted by atomic mass is 10.1. The van der Waals surface area contributed by atoms with Crippen molar-refractivity contribution in [2.45, 2.75) is 50.7 Å². The SMILES string of the molecule is CCc1cccc(C)c1NC(=O)CSc1nnc(C2CC2)n1Cc1ccccc1. The normalized spacial score (nSPS) is 13.4. The Hall–Kier alpha value is -2.60. The molecule has 1 heterocycles. The van der Waals surface area contributed by atoms with Crippen LogP contribution in [0.3, 0.4) is 0 Å². The number of nitrogens with one attached hydrogen (secondary N) is 1. The second-order valence-corrected chi connectivity index (χ2v) is 8.43. The Morgan fingerprint density at radius 2 is 1.93 bits per heavy atom. The van der Waals surface area contributed by atoms with E-state index in [1.54, 1.807) is 0 Å². The van der Waals surface area contributed by atoms with E-state index in [2.05, 4.69) is 45.2 Å². The largest absolute Gasteiger partial charge is 0.325 e. The average molecular weight is 407 g/mol. The van der Waals surface area contributed by atoms with Crippen molar-refractivity contribution in [3.05, 3.63) is 71.0 Å². The fourth-order valence-electron chi connectivity index (χ4n) is 3.47. The number of nitrogens with zero attached hydrogens (tertiary/aromatic N) is 3. The number of para-hydroxylation sites is 1. The van der Waals surface area contributed by atoms with E-state index in [1.807, 2.05) is 37.3 Å². The second kappa shape index (κ2) is 8.82. The van der Waals surface area contributed by atoms with E-state index < -0.39 is 0 Å². The highest BCUT2D eigenvalue weighted by Crippen LogP contribution is 2.40. The van der Waals surface area contributed by atoms with Gasteiger partial charge in [0.25, 0.3) is 0 Å². The van der Waals surface area contributed by atoms with Crippen LogP contribution in [-0.2, 0) is 17.8 Å². The fraction of sp³-hybridized carbons (Fsp3) is 0.348. The lowest BCUT2D eigenvalue weighted by Gasteiger charge is -2.13. The summed E-state index contributed by atoms with van der Waals surface area (Å²) in [5.74, 6) is 1.85. The summed E-state index contributed by atoms with van der Waals surface area (Å²) in [4.78, 5) is 12.6. The number of aryl methyl sites for hydroxylation is 2. The van der Waals surface area contributed by atoms with Gasteiger partial charge in [0.2, 0.25) is 5.91 Å². The summed E-state index contributed by atoms with van der Waals surface area (Å²) in [6, 6.07) is 16.5. The van der Waals surface area contributed by atoms with E-state index >= 15 is 0 Å². The molecule has 2 aromatic carbocycles. The molecule has 0 bridgehead atoms. The molecule has 150 valence electrons. The number of carbonyl (C=O) groups excluding carboxylic acids is 1. The molecule has 0 atom stereocenters. The summed E-state index contributed by atoms with van der Waals surface area (Å²) < 4.78 is 2.18. The number of amides is 1. The number of benzene rings is 2.